The van der Waals surface area contributed by atoms with Crippen LogP contribution in [0.5, 0.6) is 0 Å². The van der Waals surface area contributed by atoms with Crippen molar-refractivity contribution in [1.29, 1.82) is 0 Å². The monoisotopic (exact) mass is 356 g/mol. The summed E-state index contributed by atoms with van der Waals surface area (Å²) in [5.74, 6) is -0.241. The summed E-state index contributed by atoms with van der Waals surface area (Å²) in [5, 5.41) is 5.64. The second-order valence-electron chi connectivity index (χ2n) is 5.28. The summed E-state index contributed by atoms with van der Waals surface area (Å²) in [5.41, 5.74) is 1.10. The number of alkyl halides is 3. The lowest BCUT2D eigenvalue weighted by molar-refractivity contribution is -0.137. The number of carbonyl (C=O) groups excluding carboxylic acids is 1. The summed E-state index contributed by atoms with van der Waals surface area (Å²) < 4.78 is 38.1. The number of hydrogen-bond donors (Lipinski definition) is 2. The number of hydrogen-bond acceptors (Lipinski definition) is 2. The second-order valence-corrected chi connectivity index (χ2v) is 5.69. The summed E-state index contributed by atoms with van der Waals surface area (Å²) in [6.45, 7) is 2.10. The molecule has 0 fully saturated rings. The molecule has 24 heavy (non-hydrogen) atoms. The third-order valence-electron chi connectivity index (χ3n) is 3.30. The number of rotatable bonds is 5. The van der Waals surface area contributed by atoms with E-state index in [4.69, 9.17) is 11.6 Å². The first kappa shape index (κ1) is 18.1. The fourth-order valence-electron chi connectivity index (χ4n) is 2.01. The number of anilines is 2. The van der Waals surface area contributed by atoms with Crippen LogP contribution in [0.2, 0.25) is 5.02 Å². The topological polar surface area (TPSA) is 41.1 Å². The van der Waals surface area contributed by atoms with Gasteiger partial charge in [-0.1, -0.05) is 29.3 Å². The normalized spacial score (nSPS) is 11.2. The smallest absolute Gasteiger partial charge is 0.383 e. The molecule has 128 valence electrons. The van der Waals surface area contributed by atoms with Gasteiger partial charge in [-0.05, 0) is 37.3 Å². The number of nitrogens with one attached hydrogen (secondary N) is 2. The van der Waals surface area contributed by atoms with Gasteiger partial charge in [0.25, 0.3) is 0 Å². The highest BCUT2D eigenvalue weighted by Crippen LogP contribution is 2.33. The standard InChI is InChI=1S/C17H16ClF3N2O/c1-11-2-5-13(6-3-11)23-16(24)8-9-22-15-10-12(17(19,20)21)4-7-14(15)18/h2-7,10,22H,8-9H2,1H3,(H,23,24). The molecule has 0 aliphatic carbocycles. The van der Waals surface area contributed by atoms with Gasteiger partial charge in [-0.3, -0.25) is 4.79 Å². The van der Waals surface area contributed by atoms with Crippen LogP contribution >= 0.6 is 11.6 Å². The van der Waals surface area contributed by atoms with Crippen LogP contribution in [0.3, 0.4) is 0 Å². The maximum atomic E-state index is 12.7. The molecule has 0 spiro atoms. The van der Waals surface area contributed by atoms with Crippen LogP contribution < -0.4 is 10.6 Å². The first-order chi connectivity index (χ1) is 11.3. The minimum absolute atomic E-state index is 0.0977. The third kappa shape index (κ3) is 5.16. The lowest BCUT2D eigenvalue weighted by atomic mass is 10.2. The molecule has 2 aromatic rings. The Morgan fingerprint density at radius 2 is 1.79 bits per heavy atom. The van der Waals surface area contributed by atoms with Crippen molar-refractivity contribution in [2.24, 2.45) is 0 Å². The largest absolute Gasteiger partial charge is 0.416 e. The van der Waals surface area contributed by atoms with Crippen molar-refractivity contribution < 1.29 is 18.0 Å². The molecule has 0 aliphatic rings. The fourth-order valence-corrected chi connectivity index (χ4v) is 2.19. The van der Waals surface area contributed by atoms with E-state index in [-0.39, 0.29) is 29.6 Å². The second kappa shape index (κ2) is 7.57. The van der Waals surface area contributed by atoms with Gasteiger partial charge in [0.15, 0.2) is 0 Å². The molecule has 7 heteroatoms. The first-order valence-electron chi connectivity index (χ1n) is 7.23. The van der Waals surface area contributed by atoms with Gasteiger partial charge in [0, 0.05) is 18.7 Å². The molecule has 0 radical (unpaired) electrons. The Bertz CT molecular complexity index is 715. The molecule has 1 amide bonds. The van der Waals surface area contributed by atoms with Crippen molar-refractivity contribution >= 4 is 28.9 Å². The van der Waals surface area contributed by atoms with Crippen LogP contribution in [-0.4, -0.2) is 12.5 Å². The van der Waals surface area contributed by atoms with Crippen molar-refractivity contribution in [2.75, 3.05) is 17.2 Å². The number of benzene rings is 2. The molecule has 0 unspecified atom stereocenters. The van der Waals surface area contributed by atoms with E-state index in [2.05, 4.69) is 10.6 Å². The molecule has 0 bridgehead atoms. The minimum atomic E-state index is -4.44. The number of halogens is 4. The summed E-state index contributed by atoms with van der Waals surface area (Å²) in [6.07, 6.45) is -4.34. The van der Waals surface area contributed by atoms with Gasteiger partial charge in [0.05, 0.1) is 16.3 Å². The van der Waals surface area contributed by atoms with Gasteiger partial charge >= 0.3 is 6.18 Å². The first-order valence-corrected chi connectivity index (χ1v) is 7.60. The number of carbonyl (C=O) groups is 1. The molecule has 0 heterocycles. The molecule has 2 aromatic carbocycles. The molecular weight excluding hydrogens is 341 g/mol. The van der Waals surface area contributed by atoms with Crippen molar-refractivity contribution in [1.82, 2.24) is 0 Å². The van der Waals surface area contributed by atoms with E-state index in [1.807, 2.05) is 19.1 Å². The van der Waals surface area contributed by atoms with Crippen LogP contribution in [0.4, 0.5) is 24.5 Å². The van der Waals surface area contributed by atoms with Crippen molar-refractivity contribution in [3.8, 4) is 0 Å². The van der Waals surface area contributed by atoms with E-state index in [9.17, 15) is 18.0 Å². The van der Waals surface area contributed by atoms with Crippen molar-refractivity contribution in [3.05, 3.63) is 58.6 Å². The Morgan fingerprint density at radius 3 is 2.42 bits per heavy atom. The highest BCUT2D eigenvalue weighted by atomic mass is 35.5. The highest BCUT2D eigenvalue weighted by Gasteiger charge is 2.30. The van der Waals surface area contributed by atoms with Crippen LogP contribution in [0.15, 0.2) is 42.5 Å². The molecular formula is C17H16ClF3N2O. The maximum Gasteiger partial charge on any atom is 0.416 e. The van der Waals surface area contributed by atoms with E-state index in [1.165, 1.54) is 6.07 Å². The summed E-state index contributed by atoms with van der Waals surface area (Å²) >= 11 is 5.88. The Kier molecular flexibility index (Phi) is 5.72. The Hall–Kier alpha value is -2.21. The molecule has 0 saturated carbocycles. The Labute approximate surface area is 142 Å². The molecule has 0 atom stereocenters. The minimum Gasteiger partial charge on any atom is -0.383 e. The zero-order valence-electron chi connectivity index (χ0n) is 12.9. The number of amides is 1. The van der Waals surface area contributed by atoms with Crippen LogP contribution in [0, 0.1) is 6.92 Å². The van der Waals surface area contributed by atoms with Gasteiger partial charge < -0.3 is 10.6 Å². The average Bonchev–Trinajstić information content (AvgIpc) is 2.50. The van der Waals surface area contributed by atoms with Gasteiger partial charge in [0.2, 0.25) is 5.91 Å². The molecule has 0 aliphatic heterocycles. The number of aryl methyl sites for hydroxylation is 1. The van der Waals surface area contributed by atoms with E-state index >= 15 is 0 Å². The quantitative estimate of drug-likeness (QED) is 0.781. The van der Waals surface area contributed by atoms with Crippen molar-refractivity contribution in [2.45, 2.75) is 19.5 Å². The highest BCUT2D eigenvalue weighted by molar-refractivity contribution is 6.33. The van der Waals surface area contributed by atoms with E-state index in [0.717, 1.165) is 17.7 Å². The van der Waals surface area contributed by atoms with Gasteiger partial charge in [-0.2, -0.15) is 13.2 Å². The van der Waals surface area contributed by atoms with Crippen LogP contribution in [0.25, 0.3) is 0 Å². The zero-order valence-corrected chi connectivity index (χ0v) is 13.6. The lowest BCUT2D eigenvalue weighted by Gasteiger charge is -2.12. The lowest BCUT2D eigenvalue weighted by Crippen LogP contribution is -2.16. The van der Waals surface area contributed by atoms with Gasteiger partial charge in [-0.25, -0.2) is 0 Å². The zero-order chi connectivity index (χ0) is 17.7. The molecule has 0 saturated heterocycles. The molecule has 2 N–H and O–H groups in total. The fraction of sp³-hybridized carbons (Fsp3) is 0.235. The summed E-state index contributed by atoms with van der Waals surface area (Å²) in [6, 6.07) is 10.3. The SMILES string of the molecule is Cc1ccc(NC(=O)CCNc2cc(C(F)(F)F)ccc2Cl)cc1. The Balaban J connectivity index is 1.89. The predicted molar refractivity (Wildman–Crippen MR) is 89.4 cm³/mol. The van der Waals surface area contributed by atoms with Crippen LogP contribution in [0.1, 0.15) is 17.5 Å². The summed E-state index contributed by atoms with van der Waals surface area (Å²) in [7, 11) is 0. The maximum absolute atomic E-state index is 12.7. The van der Waals surface area contributed by atoms with Gasteiger partial charge in [-0.15, -0.1) is 0 Å². The molecule has 0 aromatic heterocycles. The van der Waals surface area contributed by atoms with Crippen LogP contribution in [-0.2, 0) is 11.0 Å². The van der Waals surface area contributed by atoms with E-state index < -0.39 is 11.7 Å². The van der Waals surface area contributed by atoms with Gasteiger partial charge in [0.1, 0.15) is 0 Å². The average molecular weight is 357 g/mol. The van der Waals surface area contributed by atoms with Crippen molar-refractivity contribution in [3.63, 3.8) is 0 Å². The molecule has 3 nitrogen and oxygen atoms in total. The summed E-state index contributed by atoms with van der Waals surface area (Å²) in [4.78, 5) is 11.8. The Morgan fingerprint density at radius 1 is 1.12 bits per heavy atom. The van der Waals surface area contributed by atoms with E-state index in [1.54, 1.807) is 12.1 Å². The third-order valence-corrected chi connectivity index (χ3v) is 3.63. The molecule has 2 rings (SSSR count). The van der Waals surface area contributed by atoms with E-state index in [0.29, 0.717) is 5.69 Å². The predicted octanol–water partition coefficient (Wildman–Crippen LogP) is 5.11.